The van der Waals surface area contributed by atoms with Crippen molar-refractivity contribution in [3.8, 4) is 0 Å². The van der Waals surface area contributed by atoms with Crippen LogP contribution >= 0.6 is 0 Å². The highest BCUT2D eigenvalue weighted by molar-refractivity contribution is 5.91. The van der Waals surface area contributed by atoms with Gasteiger partial charge in [0.05, 0.1) is 18.7 Å². The maximum absolute atomic E-state index is 11.9. The number of carbonyl (C=O) groups is 2. The van der Waals surface area contributed by atoms with E-state index in [1.807, 2.05) is 11.5 Å². The average molecular weight is 305 g/mol. The van der Waals surface area contributed by atoms with Gasteiger partial charge in [-0.25, -0.2) is 9.59 Å². The fourth-order valence-corrected chi connectivity index (χ4v) is 2.46. The van der Waals surface area contributed by atoms with Crippen LogP contribution < -0.4 is 0 Å². The lowest BCUT2D eigenvalue weighted by Gasteiger charge is -2.09. The van der Waals surface area contributed by atoms with Crippen LogP contribution in [-0.2, 0) is 11.3 Å². The molecule has 0 fully saturated rings. The summed E-state index contributed by atoms with van der Waals surface area (Å²) in [4.78, 5) is 23.2. The Kier molecular flexibility index (Phi) is 4.40. The zero-order valence-electron chi connectivity index (χ0n) is 13.1. The van der Waals surface area contributed by atoms with Crippen molar-refractivity contribution in [3.63, 3.8) is 0 Å². The summed E-state index contributed by atoms with van der Waals surface area (Å²) in [7, 11) is 0. The first-order chi connectivity index (χ1) is 10.3. The van der Waals surface area contributed by atoms with Crippen molar-refractivity contribution in [1.29, 1.82) is 0 Å². The molecule has 0 atom stereocenters. The van der Waals surface area contributed by atoms with Crippen molar-refractivity contribution in [2.45, 2.75) is 34.2 Å². The SMILES string of the molecule is CCOC(=O)c1cc(C)n(Cc2oc(C)cc2C(=O)O)c1C. The van der Waals surface area contributed by atoms with Gasteiger partial charge in [0.15, 0.2) is 0 Å². The summed E-state index contributed by atoms with van der Waals surface area (Å²) in [5, 5.41) is 9.22. The molecule has 0 spiro atoms. The fourth-order valence-electron chi connectivity index (χ4n) is 2.46. The number of carboxylic acid groups (broad SMARTS) is 1. The number of esters is 1. The number of ether oxygens (including phenoxy) is 1. The molecule has 0 aliphatic heterocycles. The number of furan rings is 1. The van der Waals surface area contributed by atoms with Crippen molar-refractivity contribution in [1.82, 2.24) is 4.57 Å². The number of hydrogen-bond acceptors (Lipinski definition) is 4. The molecule has 6 heteroatoms. The van der Waals surface area contributed by atoms with Gasteiger partial charge in [-0.05, 0) is 39.8 Å². The van der Waals surface area contributed by atoms with Gasteiger partial charge >= 0.3 is 11.9 Å². The third-order valence-electron chi connectivity index (χ3n) is 3.53. The number of carboxylic acids is 1. The van der Waals surface area contributed by atoms with Gasteiger partial charge in [0.2, 0.25) is 0 Å². The minimum absolute atomic E-state index is 0.141. The normalized spacial score (nSPS) is 10.7. The van der Waals surface area contributed by atoms with Gasteiger partial charge < -0.3 is 18.8 Å². The predicted molar refractivity (Wildman–Crippen MR) is 79.4 cm³/mol. The molecule has 6 nitrogen and oxygen atoms in total. The minimum atomic E-state index is -1.03. The van der Waals surface area contributed by atoms with E-state index in [1.54, 1.807) is 26.8 Å². The average Bonchev–Trinajstić information content (AvgIpc) is 2.94. The van der Waals surface area contributed by atoms with Gasteiger partial charge in [-0.2, -0.15) is 0 Å². The van der Waals surface area contributed by atoms with Crippen LogP contribution in [0.4, 0.5) is 0 Å². The number of carbonyl (C=O) groups excluding carboxylic acids is 1. The number of aryl methyl sites for hydroxylation is 2. The molecule has 0 saturated heterocycles. The van der Waals surface area contributed by atoms with Gasteiger partial charge in [-0.15, -0.1) is 0 Å². The summed E-state index contributed by atoms with van der Waals surface area (Å²) in [6.45, 7) is 7.67. The van der Waals surface area contributed by atoms with Crippen LogP contribution in [0.2, 0.25) is 0 Å². The van der Waals surface area contributed by atoms with Crippen LogP contribution in [0, 0.1) is 20.8 Å². The van der Waals surface area contributed by atoms with E-state index in [0.29, 0.717) is 23.7 Å². The first-order valence-electron chi connectivity index (χ1n) is 7.01. The second-order valence-corrected chi connectivity index (χ2v) is 5.09. The molecule has 0 amide bonds. The molecule has 0 unspecified atom stereocenters. The van der Waals surface area contributed by atoms with E-state index in [4.69, 9.17) is 9.15 Å². The van der Waals surface area contributed by atoms with Gasteiger partial charge in [0.25, 0.3) is 0 Å². The highest BCUT2D eigenvalue weighted by atomic mass is 16.5. The fraction of sp³-hybridized carbons (Fsp3) is 0.375. The first kappa shape index (κ1) is 15.9. The molecule has 0 saturated carbocycles. The van der Waals surface area contributed by atoms with E-state index in [9.17, 15) is 14.7 Å². The standard InChI is InChI=1S/C16H19NO5/c1-5-21-16(20)12-6-9(2)17(11(12)4)8-14-13(15(18)19)7-10(3)22-14/h6-7H,5,8H2,1-4H3,(H,18,19). The molecule has 2 aromatic heterocycles. The monoisotopic (exact) mass is 305 g/mol. The van der Waals surface area contributed by atoms with E-state index in [2.05, 4.69) is 0 Å². The third-order valence-corrected chi connectivity index (χ3v) is 3.53. The largest absolute Gasteiger partial charge is 0.478 e. The maximum atomic E-state index is 11.9. The Labute approximate surface area is 128 Å². The molecular weight excluding hydrogens is 286 g/mol. The van der Waals surface area contributed by atoms with Crippen LogP contribution in [0.25, 0.3) is 0 Å². The molecule has 0 bridgehead atoms. The second-order valence-electron chi connectivity index (χ2n) is 5.09. The number of aromatic nitrogens is 1. The summed E-state index contributed by atoms with van der Waals surface area (Å²) in [6.07, 6.45) is 0. The van der Waals surface area contributed by atoms with Crippen molar-refractivity contribution < 1.29 is 23.8 Å². The molecule has 0 aromatic carbocycles. The predicted octanol–water partition coefficient (Wildman–Crippen LogP) is 2.93. The van der Waals surface area contributed by atoms with Crippen molar-refractivity contribution in [3.05, 3.63) is 46.2 Å². The van der Waals surface area contributed by atoms with Gasteiger partial charge in [0, 0.05) is 11.4 Å². The van der Waals surface area contributed by atoms with Gasteiger partial charge in [-0.1, -0.05) is 0 Å². The lowest BCUT2D eigenvalue weighted by molar-refractivity contribution is 0.0524. The van der Waals surface area contributed by atoms with Crippen LogP contribution in [0.15, 0.2) is 16.5 Å². The molecule has 0 aliphatic carbocycles. The van der Waals surface area contributed by atoms with Crippen LogP contribution in [0.5, 0.6) is 0 Å². The van der Waals surface area contributed by atoms with Gasteiger partial charge in [-0.3, -0.25) is 0 Å². The summed E-state index contributed by atoms with van der Waals surface area (Å²) in [6, 6.07) is 3.24. The van der Waals surface area contributed by atoms with Crippen LogP contribution in [-0.4, -0.2) is 28.2 Å². The first-order valence-corrected chi connectivity index (χ1v) is 7.01. The van der Waals surface area contributed by atoms with E-state index in [-0.39, 0.29) is 18.1 Å². The molecule has 2 aromatic rings. The summed E-state index contributed by atoms with van der Waals surface area (Å²) < 4.78 is 12.4. The van der Waals surface area contributed by atoms with E-state index >= 15 is 0 Å². The Morgan fingerprint density at radius 1 is 1.23 bits per heavy atom. The topological polar surface area (TPSA) is 81.7 Å². The zero-order valence-corrected chi connectivity index (χ0v) is 13.1. The molecular formula is C16H19NO5. The van der Waals surface area contributed by atoms with Crippen molar-refractivity contribution >= 4 is 11.9 Å². The summed E-state index contributed by atoms with van der Waals surface area (Å²) in [5.74, 6) is -0.501. The second kappa shape index (κ2) is 6.09. The molecule has 2 rings (SSSR count). The van der Waals surface area contributed by atoms with E-state index in [0.717, 1.165) is 11.4 Å². The van der Waals surface area contributed by atoms with Crippen LogP contribution in [0.3, 0.4) is 0 Å². The van der Waals surface area contributed by atoms with Crippen molar-refractivity contribution in [2.75, 3.05) is 6.61 Å². The number of hydrogen-bond donors (Lipinski definition) is 1. The Morgan fingerprint density at radius 3 is 2.50 bits per heavy atom. The minimum Gasteiger partial charge on any atom is -0.478 e. The quantitative estimate of drug-likeness (QED) is 0.859. The molecule has 0 radical (unpaired) electrons. The highest BCUT2D eigenvalue weighted by Gasteiger charge is 2.20. The highest BCUT2D eigenvalue weighted by Crippen LogP contribution is 2.21. The summed E-state index contributed by atoms with van der Waals surface area (Å²) >= 11 is 0. The molecule has 118 valence electrons. The third kappa shape index (κ3) is 2.90. The lowest BCUT2D eigenvalue weighted by atomic mass is 10.2. The molecule has 22 heavy (non-hydrogen) atoms. The number of nitrogens with zero attached hydrogens (tertiary/aromatic N) is 1. The Morgan fingerprint density at radius 2 is 1.91 bits per heavy atom. The molecule has 2 heterocycles. The van der Waals surface area contributed by atoms with E-state index in [1.165, 1.54) is 6.07 Å². The lowest BCUT2D eigenvalue weighted by Crippen LogP contribution is -2.10. The Balaban J connectivity index is 2.39. The van der Waals surface area contributed by atoms with Gasteiger partial charge in [0.1, 0.15) is 17.1 Å². The smallest absolute Gasteiger partial charge is 0.339 e. The van der Waals surface area contributed by atoms with Crippen LogP contribution in [0.1, 0.15) is 50.5 Å². The van der Waals surface area contributed by atoms with E-state index < -0.39 is 5.97 Å². The van der Waals surface area contributed by atoms with Crippen molar-refractivity contribution in [2.24, 2.45) is 0 Å². The zero-order chi connectivity index (χ0) is 16.4. The summed E-state index contributed by atoms with van der Waals surface area (Å²) in [5.41, 5.74) is 2.19. The maximum Gasteiger partial charge on any atom is 0.339 e. The Hall–Kier alpha value is -2.50. The molecule has 1 N–H and O–H groups in total. The molecule has 0 aliphatic rings. The Bertz CT molecular complexity index is 723. The number of aromatic carboxylic acids is 1. The number of rotatable bonds is 5.